The van der Waals surface area contributed by atoms with Crippen LogP contribution in [0.3, 0.4) is 0 Å². The molecule has 1 rings (SSSR count). The first-order valence-corrected chi connectivity index (χ1v) is 6.28. The third-order valence-electron chi connectivity index (χ3n) is 2.96. The van der Waals surface area contributed by atoms with Gasteiger partial charge in [0.25, 0.3) is 5.91 Å². The second-order valence-electron chi connectivity index (χ2n) is 4.54. The molecule has 0 bridgehead atoms. The maximum absolute atomic E-state index is 11.4. The van der Waals surface area contributed by atoms with Gasteiger partial charge in [-0.15, -0.1) is 0 Å². The molecule has 0 unspecified atom stereocenters. The predicted molar refractivity (Wildman–Crippen MR) is 70.4 cm³/mol. The maximum Gasteiger partial charge on any atom is 0.251 e. The summed E-state index contributed by atoms with van der Waals surface area (Å²) < 4.78 is 5.43. The monoisotopic (exact) mass is 267 g/mol. The Labute approximate surface area is 113 Å². The van der Waals surface area contributed by atoms with Crippen LogP contribution in [-0.4, -0.2) is 41.0 Å². The summed E-state index contributed by atoms with van der Waals surface area (Å²) in [6, 6.07) is 9.73. The number of carbonyl (C=O) groups is 1. The standard InChI is InChI=1S/C14H21NO4/c1-11(14(17)15(2)18)13(16)8-9-19-10-12-6-4-3-5-7-12/h3-7,11,13,16,18H,8-10H2,1-2H3/t11-,13+/m1/s1. The Hall–Kier alpha value is -1.43. The molecule has 0 heterocycles. The highest BCUT2D eigenvalue weighted by Crippen LogP contribution is 2.10. The molecule has 0 aliphatic heterocycles. The van der Waals surface area contributed by atoms with E-state index in [1.165, 1.54) is 7.05 Å². The molecular formula is C14H21NO4. The van der Waals surface area contributed by atoms with Gasteiger partial charge in [-0.25, -0.2) is 5.06 Å². The van der Waals surface area contributed by atoms with Crippen LogP contribution < -0.4 is 0 Å². The first-order chi connectivity index (χ1) is 9.02. The normalized spacial score (nSPS) is 13.9. The van der Waals surface area contributed by atoms with Crippen molar-refractivity contribution in [2.75, 3.05) is 13.7 Å². The van der Waals surface area contributed by atoms with E-state index in [-0.39, 0.29) is 0 Å². The van der Waals surface area contributed by atoms with Crippen molar-refractivity contribution >= 4 is 5.91 Å². The van der Waals surface area contributed by atoms with Crippen LogP contribution in [0.1, 0.15) is 18.9 Å². The fraction of sp³-hybridized carbons (Fsp3) is 0.500. The molecule has 2 atom stereocenters. The quantitative estimate of drug-likeness (QED) is 0.445. The minimum absolute atomic E-state index is 0.355. The Balaban J connectivity index is 2.24. The molecule has 5 nitrogen and oxygen atoms in total. The number of hydrogen-bond acceptors (Lipinski definition) is 4. The third kappa shape index (κ3) is 5.38. The molecule has 0 aliphatic carbocycles. The fourth-order valence-electron chi connectivity index (χ4n) is 1.68. The molecule has 2 N–H and O–H groups in total. The van der Waals surface area contributed by atoms with Gasteiger partial charge in [0.05, 0.1) is 18.6 Å². The lowest BCUT2D eigenvalue weighted by Gasteiger charge is -2.20. The number of benzene rings is 1. The Kier molecular flexibility index (Phi) is 6.49. The summed E-state index contributed by atoms with van der Waals surface area (Å²) in [7, 11) is 1.25. The van der Waals surface area contributed by atoms with Crippen molar-refractivity contribution in [2.45, 2.75) is 26.1 Å². The molecule has 0 saturated carbocycles. The van der Waals surface area contributed by atoms with Gasteiger partial charge in [-0.1, -0.05) is 37.3 Å². The van der Waals surface area contributed by atoms with E-state index in [2.05, 4.69) is 0 Å². The summed E-state index contributed by atoms with van der Waals surface area (Å²) in [5, 5.41) is 19.3. The zero-order valence-corrected chi connectivity index (χ0v) is 11.3. The summed E-state index contributed by atoms with van der Waals surface area (Å²) in [6.45, 7) is 2.43. The Bertz CT molecular complexity index is 380. The molecule has 0 aromatic heterocycles. The molecule has 0 spiro atoms. The van der Waals surface area contributed by atoms with Gasteiger partial charge in [0.2, 0.25) is 0 Å². The number of ether oxygens (including phenoxy) is 1. The largest absolute Gasteiger partial charge is 0.392 e. The number of carbonyl (C=O) groups excluding carboxylic acids is 1. The molecule has 19 heavy (non-hydrogen) atoms. The maximum atomic E-state index is 11.4. The van der Waals surface area contributed by atoms with Crippen LogP contribution in [0, 0.1) is 5.92 Å². The molecule has 106 valence electrons. The fourth-order valence-corrected chi connectivity index (χ4v) is 1.68. The highest BCUT2D eigenvalue weighted by molar-refractivity contribution is 5.77. The van der Waals surface area contributed by atoms with E-state index in [0.29, 0.717) is 24.7 Å². The minimum atomic E-state index is -0.821. The zero-order chi connectivity index (χ0) is 14.3. The van der Waals surface area contributed by atoms with Crippen LogP contribution in [-0.2, 0) is 16.1 Å². The molecular weight excluding hydrogens is 246 g/mol. The summed E-state index contributed by atoms with van der Waals surface area (Å²) in [6.07, 6.45) is -0.467. The van der Waals surface area contributed by atoms with Crippen LogP contribution in [0.15, 0.2) is 30.3 Å². The van der Waals surface area contributed by atoms with Crippen molar-refractivity contribution in [3.63, 3.8) is 0 Å². The van der Waals surface area contributed by atoms with E-state index in [0.717, 1.165) is 5.56 Å². The number of aliphatic hydroxyl groups is 1. The second kappa shape index (κ2) is 7.89. The molecule has 0 aliphatic rings. The van der Waals surface area contributed by atoms with Crippen LogP contribution in [0.5, 0.6) is 0 Å². The first-order valence-electron chi connectivity index (χ1n) is 6.28. The molecule has 0 radical (unpaired) electrons. The number of rotatable bonds is 7. The number of aliphatic hydroxyl groups excluding tert-OH is 1. The second-order valence-corrected chi connectivity index (χ2v) is 4.54. The van der Waals surface area contributed by atoms with Gasteiger partial charge < -0.3 is 9.84 Å². The average molecular weight is 267 g/mol. The van der Waals surface area contributed by atoms with E-state index in [4.69, 9.17) is 9.94 Å². The lowest BCUT2D eigenvalue weighted by molar-refractivity contribution is -0.167. The van der Waals surface area contributed by atoms with Crippen molar-refractivity contribution in [3.05, 3.63) is 35.9 Å². The smallest absolute Gasteiger partial charge is 0.251 e. The van der Waals surface area contributed by atoms with E-state index in [9.17, 15) is 9.90 Å². The van der Waals surface area contributed by atoms with E-state index in [1.54, 1.807) is 6.92 Å². The van der Waals surface area contributed by atoms with Crippen LogP contribution in [0.25, 0.3) is 0 Å². The van der Waals surface area contributed by atoms with Crippen LogP contribution >= 0.6 is 0 Å². The highest BCUT2D eigenvalue weighted by Gasteiger charge is 2.23. The number of hydrogen-bond donors (Lipinski definition) is 2. The number of amides is 1. The molecule has 5 heteroatoms. The molecule has 0 fully saturated rings. The Morgan fingerprint density at radius 1 is 1.37 bits per heavy atom. The van der Waals surface area contributed by atoms with Crippen molar-refractivity contribution < 1.29 is 19.8 Å². The van der Waals surface area contributed by atoms with Gasteiger partial charge in [0, 0.05) is 13.7 Å². The van der Waals surface area contributed by atoms with Gasteiger partial charge in [0.15, 0.2) is 0 Å². The lowest BCUT2D eigenvalue weighted by Crippen LogP contribution is -2.35. The summed E-state index contributed by atoms with van der Waals surface area (Å²) in [4.78, 5) is 11.4. The predicted octanol–water partition coefficient (Wildman–Crippen LogP) is 1.44. The van der Waals surface area contributed by atoms with Gasteiger partial charge in [-0.3, -0.25) is 10.0 Å². The topological polar surface area (TPSA) is 70.0 Å². The Morgan fingerprint density at radius 3 is 2.58 bits per heavy atom. The molecule has 1 aromatic rings. The van der Waals surface area contributed by atoms with Crippen molar-refractivity contribution in [2.24, 2.45) is 5.92 Å². The van der Waals surface area contributed by atoms with E-state index in [1.807, 2.05) is 30.3 Å². The van der Waals surface area contributed by atoms with Crippen LogP contribution in [0.2, 0.25) is 0 Å². The Morgan fingerprint density at radius 2 is 2.00 bits per heavy atom. The van der Waals surface area contributed by atoms with Crippen molar-refractivity contribution in [1.82, 2.24) is 5.06 Å². The number of hydroxylamine groups is 2. The van der Waals surface area contributed by atoms with Crippen molar-refractivity contribution in [1.29, 1.82) is 0 Å². The SMILES string of the molecule is C[C@@H](C(=O)N(C)O)[C@@H](O)CCOCc1ccccc1. The van der Waals surface area contributed by atoms with Crippen molar-refractivity contribution in [3.8, 4) is 0 Å². The average Bonchev–Trinajstić information content (AvgIpc) is 2.42. The van der Waals surface area contributed by atoms with Gasteiger partial charge in [-0.2, -0.15) is 0 Å². The molecule has 1 amide bonds. The molecule has 0 saturated heterocycles. The third-order valence-corrected chi connectivity index (χ3v) is 2.96. The van der Waals surface area contributed by atoms with E-state index < -0.39 is 17.9 Å². The number of nitrogens with zero attached hydrogens (tertiary/aromatic N) is 1. The lowest BCUT2D eigenvalue weighted by atomic mass is 10.0. The van der Waals surface area contributed by atoms with Crippen LogP contribution in [0.4, 0.5) is 0 Å². The van der Waals surface area contributed by atoms with E-state index >= 15 is 0 Å². The summed E-state index contributed by atoms with van der Waals surface area (Å²) in [5.74, 6) is -1.15. The van der Waals surface area contributed by atoms with Gasteiger partial charge in [0.1, 0.15) is 0 Å². The summed E-state index contributed by atoms with van der Waals surface area (Å²) in [5.41, 5.74) is 1.07. The van der Waals surface area contributed by atoms with Gasteiger partial charge in [-0.05, 0) is 12.0 Å². The van der Waals surface area contributed by atoms with Gasteiger partial charge >= 0.3 is 0 Å². The zero-order valence-electron chi connectivity index (χ0n) is 11.3. The molecule has 1 aromatic carbocycles. The first kappa shape index (κ1) is 15.6. The highest BCUT2D eigenvalue weighted by atomic mass is 16.5. The summed E-state index contributed by atoms with van der Waals surface area (Å²) >= 11 is 0. The minimum Gasteiger partial charge on any atom is -0.392 e.